The molecule has 1 saturated heterocycles. The van der Waals surface area contributed by atoms with E-state index in [1.165, 1.54) is 0 Å². The first-order chi connectivity index (χ1) is 19.8. The lowest BCUT2D eigenvalue weighted by molar-refractivity contribution is -0.139. The Bertz CT molecular complexity index is 1690. The summed E-state index contributed by atoms with van der Waals surface area (Å²) in [5.41, 5.74) is 11.6. The average molecular weight is 571 g/mol. The Hall–Kier alpha value is -4.45. The summed E-state index contributed by atoms with van der Waals surface area (Å²) >= 11 is 1.61. The third-order valence-electron chi connectivity index (χ3n) is 6.83. The molecule has 2 aromatic carbocycles. The molecule has 10 nitrogen and oxygen atoms in total. The van der Waals surface area contributed by atoms with Crippen molar-refractivity contribution in [2.45, 2.75) is 32.3 Å². The number of anilines is 3. The zero-order valence-electron chi connectivity index (χ0n) is 22.9. The monoisotopic (exact) mass is 570 g/mol. The van der Waals surface area contributed by atoms with E-state index in [-0.39, 0.29) is 12.1 Å². The fourth-order valence-corrected chi connectivity index (χ4v) is 5.97. The van der Waals surface area contributed by atoms with Crippen LogP contribution in [0.1, 0.15) is 13.8 Å². The third-order valence-corrected chi connectivity index (χ3v) is 7.84. The molecule has 1 unspecified atom stereocenters. The molecule has 5 aromatic rings. The van der Waals surface area contributed by atoms with Crippen molar-refractivity contribution in [3.8, 4) is 28.0 Å². The molecule has 1 atom stereocenters. The zero-order valence-corrected chi connectivity index (χ0v) is 23.7. The minimum atomic E-state index is -0.570. The number of ether oxygens (including phenoxy) is 3. The summed E-state index contributed by atoms with van der Waals surface area (Å²) in [7, 11) is 1.60. The lowest BCUT2D eigenvalue weighted by Gasteiger charge is -2.16. The average Bonchev–Trinajstić information content (AvgIpc) is 3.69. The standard InChI is InChI=1S/C30H30N6O4S/c1-30(2)39-16-23(40-30)15-36-14-19(12-33-36)24-13-32-28(31)26-25(17-41-27(24)26)18-4-6-20(7-5-18)34-29(37)35-21-8-10-22(38-3)11-9-21/h4-14,17,23H,15-16H2,1-3H3,(H2,31,32)(H2,34,35,37). The van der Waals surface area contributed by atoms with Crippen LogP contribution in [-0.2, 0) is 16.0 Å². The van der Waals surface area contributed by atoms with Crippen molar-refractivity contribution in [3.05, 3.63) is 72.5 Å². The smallest absolute Gasteiger partial charge is 0.323 e. The fourth-order valence-electron chi connectivity index (χ4n) is 4.85. The predicted molar refractivity (Wildman–Crippen MR) is 161 cm³/mol. The van der Waals surface area contributed by atoms with Crippen LogP contribution in [0.15, 0.2) is 72.5 Å². The van der Waals surface area contributed by atoms with Crippen molar-refractivity contribution in [1.82, 2.24) is 14.8 Å². The Labute approximate surface area is 241 Å². The summed E-state index contributed by atoms with van der Waals surface area (Å²) in [5, 5.41) is 13.2. The number of nitrogen functional groups attached to an aromatic ring is 1. The van der Waals surface area contributed by atoms with Gasteiger partial charge in [0.2, 0.25) is 0 Å². The number of nitrogens with zero attached hydrogens (tertiary/aromatic N) is 3. The Morgan fingerprint density at radius 3 is 2.44 bits per heavy atom. The number of carbonyl (C=O) groups excluding carboxylic acids is 1. The second-order valence-corrected chi connectivity index (χ2v) is 11.1. The molecule has 4 heterocycles. The van der Waals surface area contributed by atoms with Crippen LogP contribution in [0.2, 0.25) is 0 Å². The van der Waals surface area contributed by atoms with E-state index >= 15 is 0 Å². The van der Waals surface area contributed by atoms with Gasteiger partial charge in [-0.05, 0) is 61.2 Å². The summed E-state index contributed by atoms with van der Waals surface area (Å²) in [5.74, 6) is 0.616. The van der Waals surface area contributed by atoms with Gasteiger partial charge in [0, 0.05) is 50.5 Å². The van der Waals surface area contributed by atoms with Gasteiger partial charge in [-0.2, -0.15) is 5.10 Å². The van der Waals surface area contributed by atoms with Crippen LogP contribution in [0.4, 0.5) is 22.0 Å². The molecule has 2 amide bonds. The third kappa shape index (κ3) is 5.73. The highest BCUT2D eigenvalue weighted by Gasteiger charge is 2.33. The number of hydrogen-bond acceptors (Lipinski definition) is 8. The summed E-state index contributed by atoms with van der Waals surface area (Å²) in [6, 6.07) is 14.4. The van der Waals surface area contributed by atoms with Gasteiger partial charge in [0.15, 0.2) is 5.79 Å². The van der Waals surface area contributed by atoms with Gasteiger partial charge in [-0.15, -0.1) is 11.3 Å². The number of thiophene rings is 1. The van der Waals surface area contributed by atoms with Gasteiger partial charge in [0.1, 0.15) is 17.7 Å². The molecule has 0 radical (unpaired) electrons. The highest BCUT2D eigenvalue weighted by Crippen LogP contribution is 2.42. The Morgan fingerprint density at radius 2 is 1.78 bits per heavy atom. The number of nitrogens with two attached hydrogens (primary N) is 1. The first-order valence-corrected chi connectivity index (χ1v) is 14.0. The number of aromatic nitrogens is 3. The van der Waals surface area contributed by atoms with Crippen LogP contribution in [0.25, 0.3) is 32.3 Å². The summed E-state index contributed by atoms with van der Waals surface area (Å²) < 4.78 is 19.7. The van der Waals surface area contributed by atoms with E-state index in [4.69, 9.17) is 19.9 Å². The topological polar surface area (TPSA) is 126 Å². The minimum Gasteiger partial charge on any atom is -0.497 e. The molecule has 41 heavy (non-hydrogen) atoms. The van der Waals surface area contributed by atoms with Gasteiger partial charge in [0.25, 0.3) is 0 Å². The highest BCUT2D eigenvalue weighted by atomic mass is 32.1. The molecule has 1 aliphatic heterocycles. The van der Waals surface area contributed by atoms with Gasteiger partial charge in [-0.25, -0.2) is 9.78 Å². The first-order valence-electron chi connectivity index (χ1n) is 13.1. The number of carbonyl (C=O) groups is 1. The molecule has 0 spiro atoms. The molecule has 4 N–H and O–H groups in total. The Balaban J connectivity index is 1.18. The number of nitrogens with one attached hydrogen (secondary N) is 2. The summed E-state index contributed by atoms with van der Waals surface area (Å²) in [6.07, 6.45) is 5.58. The van der Waals surface area contributed by atoms with Gasteiger partial charge >= 0.3 is 6.03 Å². The second kappa shape index (κ2) is 10.8. The number of methoxy groups -OCH3 is 1. The fraction of sp³-hybridized carbons (Fsp3) is 0.233. The predicted octanol–water partition coefficient (Wildman–Crippen LogP) is 6.21. The van der Waals surface area contributed by atoms with Crippen molar-refractivity contribution in [3.63, 3.8) is 0 Å². The van der Waals surface area contributed by atoms with Crippen LogP contribution < -0.4 is 21.1 Å². The molecule has 11 heteroatoms. The van der Waals surface area contributed by atoms with Crippen LogP contribution in [0.3, 0.4) is 0 Å². The van der Waals surface area contributed by atoms with Crippen molar-refractivity contribution < 1.29 is 19.0 Å². The van der Waals surface area contributed by atoms with Gasteiger partial charge in [-0.1, -0.05) is 12.1 Å². The highest BCUT2D eigenvalue weighted by molar-refractivity contribution is 7.18. The maximum Gasteiger partial charge on any atom is 0.323 e. The molecule has 0 saturated carbocycles. The van der Waals surface area contributed by atoms with Crippen LogP contribution in [-0.4, -0.2) is 46.4 Å². The Morgan fingerprint density at radius 1 is 1.07 bits per heavy atom. The number of amides is 2. The van der Waals surface area contributed by atoms with Crippen molar-refractivity contribution in [2.24, 2.45) is 0 Å². The van der Waals surface area contributed by atoms with E-state index in [0.717, 1.165) is 38.1 Å². The SMILES string of the molecule is COc1ccc(NC(=O)Nc2ccc(-c3csc4c(-c5cnn(CC6COC(C)(C)O6)c5)cnc(N)c34)cc2)cc1. The van der Waals surface area contributed by atoms with E-state index in [9.17, 15) is 4.79 Å². The lowest BCUT2D eigenvalue weighted by atomic mass is 10.0. The normalized spacial score (nSPS) is 16.1. The Kier molecular flexibility index (Phi) is 7.08. The van der Waals surface area contributed by atoms with Crippen LogP contribution in [0, 0.1) is 0 Å². The van der Waals surface area contributed by atoms with Crippen molar-refractivity contribution in [2.75, 3.05) is 30.1 Å². The number of benzene rings is 2. The van der Waals surface area contributed by atoms with Crippen molar-refractivity contribution >= 4 is 44.6 Å². The molecule has 0 bridgehead atoms. The molecule has 3 aromatic heterocycles. The molecular formula is C30H30N6O4S. The van der Waals surface area contributed by atoms with Gasteiger partial charge in [0.05, 0.1) is 26.5 Å². The molecule has 1 fully saturated rings. The van der Waals surface area contributed by atoms with Crippen LogP contribution in [0.5, 0.6) is 5.75 Å². The first kappa shape index (κ1) is 26.8. The molecule has 0 aliphatic carbocycles. The minimum absolute atomic E-state index is 0.0540. The molecule has 210 valence electrons. The number of fused-ring (bicyclic) bond motifs is 1. The van der Waals surface area contributed by atoms with Gasteiger partial charge in [-0.3, -0.25) is 4.68 Å². The number of urea groups is 1. The number of pyridine rings is 1. The summed E-state index contributed by atoms with van der Waals surface area (Å²) in [4.78, 5) is 17.0. The van der Waals surface area contributed by atoms with E-state index in [2.05, 4.69) is 26.1 Å². The largest absolute Gasteiger partial charge is 0.497 e. The van der Waals surface area contributed by atoms with E-state index in [1.807, 2.05) is 55.2 Å². The maximum absolute atomic E-state index is 12.5. The molecule has 6 rings (SSSR count). The maximum atomic E-state index is 12.5. The quantitative estimate of drug-likeness (QED) is 0.212. The second-order valence-electron chi connectivity index (χ2n) is 10.2. The van der Waals surface area contributed by atoms with Gasteiger partial charge < -0.3 is 30.6 Å². The number of hydrogen-bond donors (Lipinski definition) is 3. The van der Waals surface area contributed by atoms with E-state index in [0.29, 0.717) is 30.3 Å². The van der Waals surface area contributed by atoms with E-state index < -0.39 is 5.79 Å². The molecule has 1 aliphatic rings. The summed E-state index contributed by atoms with van der Waals surface area (Å²) in [6.45, 7) is 4.96. The van der Waals surface area contributed by atoms with Crippen LogP contribution >= 0.6 is 11.3 Å². The molecular weight excluding hydrogens is 540 g/mol. The lowest BCUT2D eigenvalue weighted by Crippen LogP contribution is -2.24. The zero-order chi connectivity index (χ0) is 28.6. The van der Waals surface area contributed by atoms with E-state index in [1.54, 1.807) is 48.9 Å². The van der Waals surface area contributed by atoms with Crippen molar-refractivity contribution in [1.29, 1.82) is 0 Å². The number of rotatable bonds is 7.